The maximum Gasteiger partial charge on any atom is 0.0575 e. The highest BCUT2D eigenvalue weighted by atomic mass is 16.5. The first-order valence-corrected chi connectivity index (χ1v) is 12.1. The summed E-state index contributed by atoms with van der Waals surface area (Å²) in [7, 11) is 0. The summed E-state index contributed by atoms with van der Waals surface area (Å²) in [6, 6.07) is 20.5. The van der Waals surface area contributed by atoms with Gasteiger partial charge in [0.15, 0.2) is 0 Å². The summed E-state index contributed by atoms with van der Waals surface area (Å²) in [5.74, 6) is 0.253. The Morgan fingerprint density at radius 3 is 2.32 bits per heavy atom. The van der Waals surface area contributed by atoms with Crippen molar-refractivity contribution in [3.8, 4) is 0 Å². The van der Waals surface area contributed by atoms with Crippen LogP contribution in [-0.2, 0) is 17.7 Å². The predicted molar refractivity (Wildman–Crippen MR) is 129 cm³/mol. The lowest BCUT2D eigenvalue weighted by Crippen LogP contribution is -2.39. The minimum absolute atomic E-state index is 0.253. The molecule has 1 saturated carbocycles. The molecule has 3 nitrogen and oxygen atoms in total. The van der Waals surface area contributed by atoms with E-state index < -0.39 is 0 Å². The predicted octanol–water partition coefficient (Wildman–Crippen LogP) is 5.37. The van der Waals surface area contributed by atoms with Crippen molar-refractivity contribution in [2.75, 3.05) is 19.7 Å². The number of piperidine rings is 1. The Morgan fingerprint density at radius 2 is 1.61 bits per heavy atom. The average Bonchev–Trinajstić information content (AvgIpc) is 3.34. The van der Waals surface area contributed by atoms with Crippen molar-refractivity contribution in [1.82, 2.24) is 10.6 Å². The van der Waals surface area contributed by atoms with E-state index in [1.807, 2.05) is 0 Å². The molecule has 1 heterocycles. The van der Waals surface area contributed by atoms with Crippen LogP contribution >= 0.6 is 0 Å². The van der Waals surface area contributed by atoms with E-state index >= 15 is 0 Å². The quantitative estimate of drug-likeness (QED) is 0.509. The number of nitrogens with one attached hydrogen (secondary N) is 2. The Hall–Kier alpha value is -1.94. The molecule has 0 aromatic heterocycles. The van der Waals surface area contributed by atoms with Crippen LogP contribution in [0.5, 0.6) is 0 Å². The maximum atomic E-state index is 6.31. The summed E-state index contributed by atoms with van der Waals surface area (Å²) in [6.07, 6.45) is 8.81. The second kappa shape index (κ2) is 11.6. The van der Waals surface area contributed by atoms with Gasteiger partial charge in [-0.3, -0.25) is 0 Å². The monoisotopic (exact) mass is 418 g/mol. The van der Waals surface area contributed by atoms with Crippen molar-refractivity contribution >= 4 is 0 Å². The third-order valence-electron chi connectivity index (χ3n) is 6.88. The fourth-order valence-corrected chi connectivity index (χ4v) is 4.87. The second-order valence-electron chi connectivity index (χ2n) is 9.26. The third-order valence-corrected chi connectivity index (χ3v) is 6.88. The molecule has 1 atom stereocenters. The Morgan fingerprint density at radius 1 is 0.935 bits per heavy atom. The molecular formula is C28H38N2O. The van der Waals surface area contributed by atoms with Crippen LogP contribution in [0.25, 0.3) is 0 Å². The summed E-state index contributed by atoms with van der Waals surface area (Å²) in [4.78, 5) is 0. The molecule has 0 radical (unpaired) electrons. The van der Waals surface area contributed by atoms with Crippen molar-refractivity contribution < 1.29 is 4.74 Å². The third kappa shape index (κ3) is 6.77. The number of rotatable bonds is 10. The minimum Gasteiger partial charge on any atom is -0.377 e. The lowest BCUT2D eigenvalue weighted by atomic mass is 9.88. The van der Waals surface area contributed by atoms with Crippen molar-refractivity contribution in [2.45, 2.75) is 69.6 Å². The first-order chi connectivity index (χ1) is 15.3. The number of ether oxygens (including phenoxy) is 1. The fraction of sp³-hybridized carbons (Fsp3) is 0.500. The van der Waals surface area contributed by atoms with E-state index in [0.717, 1.165) is 32.7 Å². The molecule has 2 N–H and O–H groups in total. The molecule has 3 heteroatoms. The smallest absolute Gasteiger partial charge is 0.0575 e. The highest BCUT2D eigenvalue weighted by Gasteiger charge is 2.21. The van der Waals surface area contributed by atoms with Gasteiger partial charge in [0.25, 0.3) is 0 Å². The normalized spacial score (nSPS) is 18.8. The van der Waals surface area contributed by atoms with Crippen molar-refractivity contribution in [3.63, 3.8) is 0 Å². The number of benzene rings is 2. The van der Waals surface area contributed by atoms with E-state index in [1.54, 1.807) is 0 Å². The maximum absolute atomic E-state index is 6.31. The second-order valence-corrected chi connectivity index (χ2v) is 9.26. The van der Waals surface area contributed by atoms with Gasteiger partial charge in [0.1, 0.15) is 0 Å². The van der Waals surface area contributed by atoms with Gasteiger partial charge < -0.3 is 15.4 Å². The van der Waals surface area contributed by atoms with E-state index in [9.17, 15) is 0 Å². The molecule has 0 unspecified atom stereocenters. The highest BCUT2D eigenvalue weighted by Crippen LogP contribution is 2.29. The van der Waals surface area contributed by atoms with E-state index in [1.165, 1.54) is 60.8 Å². The van der Waals surface area contributed by atoms with Gasteiger partial charge in [0, 0.05) is 18.5 Å². The summed E-state index contributed by atoms with van der Waals surface area (Å²) in [5.41, 5.74) is 5.24. The number of hydrogen-bond acceptors (Lipinski definition) is 3. The van der Waals surface area contributed by atoms with Gasteiger partial charge in [-0.25, -0.2) is 0 Å². The molecule has 166 valence electrons. The Kier molecular flexibility index (Phi) is 8.34. The van der Waals surface area contributed by atoms with Crippen LogP contribution < -0.4 is 10.6 Å². The molecule has 1 saturated heterocycles. The van der Waals surface area contributed by atoms with E-state index in [-0.39, 0.29) is 5.92 Å². The van der Waals surface area contributed by atoms with Crippen LogP contribution in [0.3, 0.4) is 0 Å². The largest absolute Gasteiger partial charge is 0.377 e. The Bertz CT molecular complexity index is 790. The standard InChI is InChI=1S/C28H38N2O/c1-22(28(25-7-3-2-4-8-25)21-31-27-9-5-6-10-27)19-23-11-13-24(14-12-23)20-30-26-15-17-29-18-16-26/h2-4,7-8,11-14,26-30H,1,5-6,9-10,15-21H2/t28-/m1/s1. The van der Waals surface area contributed by atoms with Crippen LogP contribution in [0.4, 0.5) is 0 Å². The topological polar surface area (TPSA) is 33.3 Å². The van der Waals surface area contributed by atoms with Crippen LogP contribution in [0, 0.1) is 0 Å². The molecular weight excluding hydrogens is 380 g/mol. The summed E-state index contributed by atoms with van der Waals surface area (Å²) in [5, 5.41) is 7.13. The molecule has 1 aliphatic carbocycles. The molecule has 31 heavy (non-hydrogen) atoms. The first-order valence-electron chi connectivity index (χ1n) is 12.1. The van der Waals surface area contributed by atoms with Gasteiger partial charge in [-0.2, -0.15) is 0 Å². The van der Waals surface area contributed by atoms with E-state index in [0.29, 0.717) is 12.1 Å². The van der Waals surface area contributed by atoms with Crippen LogP contribution in [-0.4, -0.2) is 31.8 Å². The van der Waals surface area contributed by atoms with Crippen molar-refractivity contribution in [2.24, 2.45) is 0 Å². The zero-order valence-corrected chi connectivity index (χ0v) is 18.8. The van der Waals surface area contributed by atoms with Crippen molar-refractivity contribution in [1.29, 1.82) is 0 Å². The summed E-state index contributed by atoms with van der Waals surface area (Å²) >= 11 is 0. The van der Waals surface area contributed by atoms with Crippen LogP contribution in [0.15, 0.2) is 66.7 Å². The van der Waals surface area contributed by atoms with Crippen molar-refractivity contribution in [3.05, 3.63) is 83.4 Å². The lowest BCUT2D eigenvalue weighted by molar-refractivity contribution is 0.0527. The molecule has 2 fully saturated rings. The van der Waals surface area contributed by atoms with Gasteiger partial charge in [0.2, 0.25) is 0 Å². The fourth-order valence-electron chi connectivity index (χ4n) is 4.87. The molecule has 1 aliphatic heterocycles. The zero-order chi connectivity index (χ0) is 21.3. The molecule has 2 aliphatic rings. The molecule has 0 spiro atoms. The van der Waals surface area contributed by atoms with Gasteiger partial charge in [-0.05, 0) is 61.9 Å². The van der Waals surface area contributed by atoms with Gasteiger partial charge in [0.05, 0.1) is 12.7 Å². The van der Waals surface area contributed by atoms with Crippen LogP contribution in [0.1, 0.15) is 61.1 Å². The van der Waals surface area contributed by atoms with Gasteiger partial charge in [-0.15, -0.1) is 0 Å². The van der Waals surface area contributed by atoms with E-state index in [2.05, 4.69) is 71.8 Å². The SMILES string of the molecule is C=C(Cc1ccc(CNC2CCNCC2)cc1)[C@@H](COC1CCCC1)c1ccccc1. The lowest BCUT2D eigenvalue weighted by Gasteiger charge is -2.24. The first kappa shape index (κ1) is 22.3. The van der Waals surface area contributed by atoms with Gasteiger partial charge >= 0.3 is 0 Å². The highest BCUT2D eigenvalue weighted by molar-refractivity contribution is 5.33. The molecule has 4 rings (SSSR count). The average molecular weight is 419 g/mol. The zero-order valence-electron chi connectivity index (χ0n) is 18.8. The van der Waals surface area contributed by atoms with Gasteiger partial charge in [-0.1, -0.05) is 79.6 Å². The minimum atomic E-state index is 0.253. The van der Waals surface area contributed by atoms with Crippen LogP contribution in [0.2, 0.25) is 0 Å². The Labute approximate surface area is 188 Å². The summed E-state index contributed by atoms with van der Waals surface area (Å²) in [6.45, 7) is 8.45. The van der Waals surface area contributed by atoms with E-state index in [4.69, 9.17) is 4.74 Å². The molecule has 2 aromatic carbocycles. The molecule has 0 amide bonds. The molecule has 0 bridgehead atoms. The summed E-state index contributed by atoms with van der Waals surface area (Å²) < 4.78 is 6.31. The number of hydrogen-bond donors (Lipinski definition) is 2. The Balaban J connectivity index is 1.33. The molecule has 2 aromatic rings.